The van der Waals surface area contributed by atoms with Crippen molar-refractivity contribution in [2.24, 2.45) is 0 Å². The number of nitrogens with one attached hydrogen (secondary N) is 1. The highest BCUT2D eigenvalue weighted by atomic mass is 79.9. The average Bonchev–Trinajstić information content (AvgIpc) is 3.23. The number of carbonyl (C=O) groups excluding carboxylic acids is 1. The summed E-state index contributed by atoms with van der Waals surface area (Å²) < 4.78 is 3.19. The van der Waals surface area contributed by atoms with E-state index >= 15 is 0 Å². The van der Waals surface area contributed by atoms with E-state index < -0.39 is 5.69 Å². The Balaban J connectivity index is 1.67. The lowest BCUT2D eigenvalue weighted by atomic mass is 10.2. The van der Waals surface area contributed by atoms with Crippen LogP contribution in [0.3, 0.4) is 0 Å². The van der Waals surface area contributed by atoms with Gasteiger partial charge in [-0.15, -0.1) is 11.3 Å². The molecule has 4 aromatic rings. The summed E-state index contributed by atoms with van der Waals surface area (Å²) in [5, 5.41) is 3.35. The molecule has 0 radical (unpaired) electrons. The van der Waals surface area contributed by atoms with Crippen LogP contribution in [0.25, 0.3) is 4.83 Å². The fourth-order valence-corrected chi connectivity index (χ4v) is 4.65. The number of benzene rings is 1. The van der Waals surface area contributed by atoms with Crippen molar-refractivity contribution in [3.63, 3.8) is 0 Å². The van der Waals surface area contributed by atoms with Crippen molar-refractivity contribution >= 4 is 49.6 Å². The van der Waals surface area contributed by atoms with Gasteiger partial charge in [-0.1, -0.05) is 23.7 Å². The minimum absolute atomic E-state index is 0.0929. The van der Waals surface area contributed by atoms with Gasteiger partial charge in [-0.2, -0.15) is 0 Å². The molecule has 0 atom stereocenters. The van der Waals surface area contributed by atoms with Gasteiger partial charge in [0.15, 0.2) is 0 Å². The zero-order valence-corrected chi connectivity index (χ0v) is 19.4. The molecule has 7 nitrogen and oxygen atoms in total. The molecule has 0 aliphatic heterocycles. The summed E-state index contributed by atoms with van der Waals surface area (Å²) in [7, 11) is 0. The first-order valence-corrected chi connectivity index (χ1v) is 11.2. The molecule has 0 saturated carbocycles. The van der Waals surface area contributed by atoms with Crippen LogP contribution in [-0.2, 0) is 13.1 Å². The third kappa shape index (κ3) is 4.34. The molecule has 0 aliphatic carbocycles. The summed E-state index contributed by atoms with van der Waals surface area (Å²) in [5.41, 5.74) is 1.13. The number of rotatable bonds is 5. The third-order valence-electron chi connectivity index (χ3n) is 4.72. The van der Waals surface area contributed by atoms with Crippen molar-refractivity contribution in [3.05, 3.63) is 101 Å². The number of aryl methyl sites for hydroxylation is 1. The number of thiazole rings is 1. The topological polar surface area (TPSA) is 85.5 Å². The predicted octanol–water partition coefficient (Wildman–Crippen LogP) is 3.62. The zero-order valence-electron chi connectivity index (χ0n) is 16.3. The van der Waals surface area contributed by atoms with Crippen molar-refractivity contribution in [2.45, 2.75) is 20.0 Å². The molecular weight excluding hydrogens is 504 g/mol. The lowest BCUT2D eigenvalue weighted by molar-refractivity contribution is 0.0954. The molecule has 31 heavy (non-hydrogen) atoms. The summed E-state index contributed by atoms with van der Waals surface area (Å²) in [6, 6.07) is 8.87. The van der Waals surface area contributed by atoms with Gasteiger partial charge in [0.2, 0.25) is 0 Å². The Morgan fingerprint density at radius 1 is 1.26 bits per heavy atom. The number of aromatic nitrogens is 3. The normalized spacial score (nSPS) is 11.1. The Morgan fingerprint density at radius 2 is 2.06 bits per heavy atom. The molecule has 0 fully saturated rings. The van der Waals surface area contributed by atoms with E-state index in [2.05, 4.69) is 26.2 Å². The van der Waals surface area contributed by atoms with Gasteiger partial charge in [-0.05, 0) is 52.2 Å². The van der Waals surface area contributed by atoms with Crippen LogP contribution in [0.15, 0.2) is 63.0 Å². The fourth-order valence-electron chi connectivity index (χ4n) is 3.10. The zero-order chi connectivity index (χ0) is 22.1. The molecule has 0 bridgehead atoms. The first-order valence-electron chi connectivity index (χ1n) is 9.22. The van der Waals surface area contributed by atoms with Crippen molar-refractivity contribution in [3.8, 4) is 0 Å². The molecule has 158 valence electrons. The monoisotopic (exact) mass is 518 g/mol. The molecule has 0 aliphatic rings. The third-order valence-corrected chi connectivity index (χ3v) is 7.14. The van der Waals surface area contributed by atoms with Crippen molar-refractivity contribution in [1.82, 2.24) is 19.3 Å². The van der Waals surface area contributed by atoms with E-state index in [0.29, 0.717) is 31.3 Å². The summed E-state index contributed by atoms with van der Waals surface area (Å²) in [6.45, 7) is 2.06. The van der Waals surface area contributed by atoms with Crippen molar-refractivity contribution in [1.29, 1.82) is 0 Å². The van der Waals surface area contributed by atoms with Crippen LogP contribution in [0.1, 0.15) is 26.4 Å². The summed E-state index contributed by atoms with van der Waals surface area (Å²) in [4.78, 5) is 43.3. The van der Waals surface area contributed by atoms with Crippen LogP contribution in [-0.4, -0.2) is 19.9 Å². The van der Waals surface area contributed by atoms with Gasteiger partial charge in [0.25, 0.3) is 11.5 Å². The Morgan fingerprint density at radius 3 is 2.77 bits per heavy atom. The van der Waals surface area contributed by atoms with Crippen LogP contribution in [0.4, 0.5) is 0 Å². The molecule has 3 aromatic heterocycles. The standard InChI is InChI=1S/C21H16BrClN4O3S/c1-12-19(29)26(10-13-4-5-16(23)15(22)7-13)21(30)27-11-17(31-20(12)27)18(28)25-9-14-3-2-6-24-8-14/h2-8,11H,9-10H2,1H3,(H,25,28). The van der Waals surface area contributed by atoms with Gasteiger partial charge in [-0.25, -0.2) is 4.79 Å². The van der Waals surface area contributed by atoms with Gasteiger partial charge in [-0.3, -0.25) is 23.5 Å². The number of amides is 1. The second-order valence-corrected chi connectivity index (χ2v) is 9.15. The first kappa shape index (κ1) is 21.5. The largest absolute Gasteiger partial charge is 0.347 e. The number of hydrogen-bond donors (Lipinski definition) is 1. The molecule has 0 saturated heterocycles. The van der Waals surface area contributed by atoms with E-state index in [0.717, 1.165) is 27.0 Å². The van der Waals surface area contributed by atoms with Crippen LogP contribution in [0.5, 0.6) is 0 Å². The summed E-state index contributed by atoms with van der Waals surface area (Å²) >= 11 is 10.5. The Labute approximate surface area is 194 Å². The summed E-state index contributed by atoms with van der Waals surface area (Å²) in [6.07, 6.45) is 4.80. The van der Waals surface area contributed by atoms with E-state index in [1.165, 1.54) is 10.6 Å². The van der Waals surface area contributed by atoms with Crippen LogP contribution in [0.2, 0.25) is 5.02 Å². The van der Waals surface area contributed by atoms with Gasteiger partial charge >= 0.3 is 5.69 Å². The quantitative estimate of drug-likeness (QED) is 0.436. The maximum atomic E-state index is 13.0. The molecule has 1 amide bonds. The highest BCUT2D eigenvalue weighted by Crippen LogP contribution is 2.23. The molecule has 0 spiro atoms. The molecule has 10 heteroatoms. The Kier molecular flexibility index (Phi) is 6.08. The van der Waals surface area contributed by atoms with Crippen LogP contribution < -0.4 is 16.6 Å². The lowest BCUT2D eigenvalue weighted by Gasteiger charge is -2.08. The smallest absolute Gasteiger partial charge is 0.336 e. The van der Waals surface area contributed by atoms with E-state index in [-0.39, 0.29) is 18.0 Å². The van der Waals surface area contributed by atoms with E-state index in [9.17, 15) is 14.4 Å². The van der Waals surface area contributed by atoms with Gasteiger partial charge < -0.3 is 5.32 Å². The predicted molar refractivity (Wildman–Crippen MR) is 124 cm³/mol. The fraction of sp³-hybridized carbons (Fsp3) is 0.143. The van der Waals surface area contributed by atoms with Crippen LogP contribution in [0, 0.1) is 6.92 Å². The number of halogens is 2. The van der Waals surface area contributed by atoms with Gasteiger partial charge in [0.1, 0.15) is 9.71 Å². The van der Waals surface area contributed by atoms with Crippen molar-refractivity contribution < 1.29 is 4.79 Å². The van der Waals surface area contributed by atoms with E-state index in [1.54, 1.807) is 43.6 Å². The maximum absolute atomic E-state index is 13.0. The number of fused-ring (bicyclic) bond motifs is 1. The second-order valence-electron chi connectivity index (χ2n) is 6.86. The number of nitrogens with zero attached hydrogens (tertiary/aromatic N) is 3. The number of pyridine rings is 1. The number of hydrogen-bond acceptors (Lipinski definition) is 5. The van der Waals surface area contributed by atoms with E-state index in [1.807, 2.05) is 6.07 Å². The van der Waals surface area contributed by atoms with Gasteiger partial charge in [0, 0.05) is 35.2 Å². The van der Waals surface area contributed by atoms with Crippen LogP contribution >= 0.6 is 38.9 Å². The Bertz CT molecular complexity index is 1410. The first-order chi connectivity index (χ1) is 14.8. The molecule has 0 unspecified atom stereocenters. The Hall–Kier alpha value is -2.75. The SMILES string of the molecule is Cc1c(=O)n(Cc2ccc(Cl)c(Br)c2)c(=O)n2cc(C(=O)NCc3cccnc3)sc12. The molecule has 4 rings (SSSR count). The maximum Gasteiger partial charge on any atom is 0.336 e. The molecule has 1 N–H and O–H groups in total. The minimum Gasteiger partial charge on any atom is -0.347 e. The van der Waals surface area contributed by atoms with E-state index in [4.69, 9.17) is 11.6 Å². The highest BCUT2D eigenvalue weighted by Gasteiger charge is 2.18. The highest BCUT2D eigenvalue weighted by molar-refractivity contribution is 9.10. The minimum atomic E-state index is -0.501. The van der Waals surface area contributed by atoms with Gasteiger partial charge in [0.05, 0.1) is 11.6 Å². The molecule has 1 aromatic carbocycles. The second kappa shape index (κ2) is 8.78. The average molecular weight is 520 g/mol. The lowest BCUT2D eigenvalue weighted by Crippen LogP contribution is -2.38. The van der Waals surface area contributed by atoms with Crippen molar-refractivity contribution in [2.75, 3.05) is 0 Å². The molecular formula is C21H16BrClN4O3S. The molecule has 3 heterocycles. The number of carbonyl (C=O) groups is 1. The summed E-state index contributed by atoms with van der Waals surface area (Å²) in [5.74, 6) is -0.322.